The van der Waals surface area contributed by atoms with Gasteiger partial charge in [0, 0.05) is 24.7 Å². The highest BCUT2D eigenvalue weighted by Gasteiger charge is 2.32. The second-order valence-corrected chi connectivity index (χ2v) is 6.76. The molecule has 2 heterocycles. The first-order chi connectivity index (χ1) is 11.8. The summed E-state index contributed by atoms with van der Waals surface area (Å²) in [5, 5.41) is 3.19. The third kappa shape index (κ3) is 3.44. The van der Waals surface area contributed by atoms with E-state index in [0.717, 1.165) is 24.6 Å². The Morgan fingerprint density at radius 3 is 2.71 bits per heavy atom. The molecule has 2 bridgehead atoms. The molecule has 24 heavy (non-hydrogen) atoms. The number of nitrogens with one attached hydrogen (secondary N) is 1. The number of fused-ring (bicyclic) bond motifs is 2. The smallest absolute Gasteiger partial charge is 0.251 e. The van der Waals surface area contributed by atoms with E-state index in [4.69, 9.17) is 4.74 Å². The lowest BCUT2D eigenvalue weighted by atomic mass is 9.96. The van der Waals surface area contributed by atoms with Gasteiger partial charge in [0.05, 0.1) is 0 Å². The van der Waals surface area contributed by atoms with Crippen LogP contribution in [0.2, 0.25) is 0 Å². The fourth-order valence-corrected chi connectivity index (χ4v) is 3.76. The number of nitrogens with zero attached hydrogens (tertiary/aromatic N) is 1. The predicted octanol–water partition coefficient (Wildman–Crippen LogP) is 3.30. The first kappa shape index (κ1) is 15.2. The molecule has 124 valence electrons. The van der Waals surface area contributed by atoms with E-state index in [2.05, 4.69) is 10.2 Å². The number of carbonyl (C=O) groups is 1. The van der Waals surface area contributed by atoms with E-state index in [1.54, 1.807) is 6.07 Å². The normalized spacial score (nSPS) is 25.2. The molecule has 2 aromatic carbocycles. The van der Waals surface area contributed by atoms with Crippen LogP contribution < -0.4 is 10.1 Å². The van der Waals surface area contributed by atoms with E-state index >= 15 is 0 Å². The molecule has 4 nitrogen and oxygen atoms in total. The molecule has 1 amide bonds. The molecule has 0 aliphatic carbocycles. The Morgan fingerprint density at radius 1 is 1.04 bits per heavy atom. The lowest BCUT2D eigenvalue weighted by Crippen LogP contribution is -2.47. The maximum atomic E-state index is 12.6. The molecule has 1 unspecified atom stereocenters. The Labute approximate surface area is 142 Å². The van der Waals surface area contributed by atoms with E-state index in [1.165, 1.54) is 19.5 Å². The number of benzene rings is 2. The summed E-state index contributed by atoms with van der Waals surface area (Å²) in [7, 11) is 0. The van der Waals surface area contributed by atoms with Gasteiger partial charge >= 0.3 is 0 Å². The lowest BCUT2D eigenvalue weighted by molar-refractivity contribution is 0.0909. The molecule has 0 aromatic heterocycles. The first-order valence-corrected chi connectivity index (χ1v) is 8.62. The average molecular weight is 322 g/mol. The number of carbonyl (C=O) groups excluding carboxylic acids is 1. The third-order valence-electron chi connectivity index (χ3n) is 4.88. The second-order valence-electron chi connectivity index (χ2n) is 6.76. The third-order valence-corrected chi connectivity index (χ3v) is 4.88. The van der Waals surface area contributed by atoms with E-state index in [1.807, 2.05) is 48.5 Å². The summed E-state index contributed by atoms with van der Waals surface area (Å²) in [5.41, 5.74) is 0.649. The number of para-hydroxylation sites is 1. The fraction of sp³-hybridized carbons (Fsp3) is 0.350. The Hall–Kier alpha value is -2.33. The zero-order valence-corrected chi connectivity index (χ0v) is 13.7. The second kappa shape index (κ2) is 6.65. The first-order valence-electron chi connectivity index (χ1n) is 8.62. The summed E-state index contributed by atoms with van der Waals surface area (Å²) >= 11 is 0. The number of rotatable bonds is 4. The van der Waals surface area contributed by atoms with Crippen molar-refractivity contribution >= 4 is 5.91 Å². The van der Waals surface area contributed by atoms with Gasteiger partial charge in [0.1, 0.15) is 11.5 Å². The fourth-order valence-electron chi connectivity index (χ4n) is 3.76. The molecule has 3 atom stereocenters. The zero-order valence-electron chi connectivity index (χ0n) is 13.7. The van der Waals surface area contributed by atoms with Gasteiger partial charge in [0.2, 0.25) is 0 Å². The topological polar surface area (TPSA) is 41.6 Å². The summed E-state index contributed by atoms with van der Waals surface area (Å²) in [4.78, 5) is 15.0. The van der Waals surface area contributed by atoms with Gasteiger partial charge in [-0.05, 0) is 55.6 Å². The standard InChI is InChI=1S/C20H22N2O2/c23-20(21-17-11-15-9-10-22(13-15)14-17)16-5-4-8-19(12-16)24-18-6-2-1-3-7-18/h1-8,12,15,17H,9-11,13-14H2,(H,21,23)/t15-,17-/m1/s1. The van der Waals surface area contributed by atoms with Crippen LogP contribution in [0.3, 0.4) is 0 Å². The maximum Gasteiger partial charge on any atom is 0.251 e. The van der Waals surface area contributed by atoms with Crippen molar-refractivity contribution in [3.05, 3.63) is 60.2 Å². The minimum atomic E-state index is -0.0130. The van der Waals surface area contributed by atoms with Gasteiger partial charge in [-0.3, -0.25) is 4.79 Å². The van der Waals surface area contributed by atoms with Crippen molar-refractivity contribution in [3.8, 4) is 11.5 Å². The van der Waals surface area contributed by atoms with E-state index < -0.39 is 0 Å². The summed E-state index contributed by atoms with van der Waals surface area (Å²) in [5.74, 6) is 2.19. The van der Waals surface area contributed by atoms with Gasteiger partial charge in [0.15, 0.2) is 0 Å². The molecule has 0 spiro atoms. The minimum absolute atomic E-state index is 0.0130. The van der Waals surface area contributed by atoms with Crippen molar-refractivity contribution in [2.45, 2.75) is 18.9 Å². The average Bonchev–Trinajstić information content (AvgIpc) is 2.94. The van der Waals surface area contributed by atoms with Gasteiger partial charge in [-0.15, -0.1) is 0 Å². The van der Waals surface area contributed by atoms with Crippen LogP contribution >= 0.6 is 0 Å². The Balaban J connectivity index is 1.42. The van der Waals surface area contributed by atoms with Crippen LogP contribution in [-0.4, -0.2) is 36.5 Å². The van der Waals surface area contributed by atoms with Crippen molar-refractivity contribution < 1.29 is 9.53 Å². The number of ether oxygens (including phenoxy) is 1. The van der Waals surface area contributed by atoms with Crippen LogP contribution in [-0.2, 0) is 0 Å². The maximum absolute atomic E-state index is 12.6. The molecule has 2 aliphatic rings. The molecular formula is C20H22N2O2. The molecule has 2 aliphatic heterocycles. The molecule has 4 rings (SSSR count). The molecule has 4 heteroatoms. The molecule has 2 fully saturated rings. The van der Waals surface area contributed by atoms with Crippen molar-refractivity contribution in [1.29, 1.82) is 0 Å². The van der Waals surface area contributed by atoms with E-state index in [9.17, 15) is 4.79 Å². The molecule has 0 saturated carbocycles. The monoisotopic (exact) mass is 322 g/mol. The van der Waals surface area contributed by atoms with Gasteiger partial charge < -0.3 is 15.0 Å². The van der Waals surface area contributed by atoms with Crippen LogP contribution in [0.5, 0.6) is 11.5 Å². The van der Waals surface area contributed by atoms with E-state index in [0.29, 0.717) is 11.3 Å². The SMILES string of the molecule is O=C(N[C@@H]1C[C@H]2CCN(C2)C1)c1cccc(Oc2ccccc2)c1. The summed E-state index contributed by atoms with van der Waals surface area (Å²) in [6.07, 6.45) is 2.37. The van der Waals surface area contributed by atoms with Gasteiger partial charge in [-0.25, -0.2) is 0 Å². The van der Waals surface area contributed by atoms with Crippen LogP contribution in [0.4, 0.5) is 0 Å². The Bertz CT molecular complexity index is 705. The highest BCUT2D eigenvalue weighted by atomic mass is 16.5. The van der Waals surface area contributed by atoms with Crippen molar-refractivity contribution in [3.63, 3.8) is 0 Å². The largest absolute Gasteiger partial charge is 0.457 e. The highest BCUT2D eigenvalue weighted by Crippen LogP contribution is 2.27. The molecule has 2 saturated heterocycles. The van der Waals surface area contributed by atoms with E-state index in [-0.39, 0.29) is 11.9 Å². The summed E-state index contributed by atoms with van der Waals surface area (Å²) in [6.45, 7) is 3.35. The number of amides is 1. The van der Waals surface area contributed by atoms with Gasteiger partial charge in [-0.2, -0.15) is 0 Å². The molecule has 2 aromatic rings. The van der Waals surface area contributed by atoms with Gasteiger partial charge in [0.25, 0.3) is 5.91 Å². The number of hydrogen-bond acceptors (Lipinski definition) is 3. The summed E-state index contributed by atoms with van der Waals surface area (Å²) in [6, 6.07) is 17.2. The highest BCUT2D eigenvalue weighted by molar-refractivity contribution is 5.94. The van der Waals surface area contributed by atoms with Crippen molar-refractivity contribution in [2.24, 2.45) is 5.92 Å². The van der Waals surface area contributed by atoms with Crippen molar-refractivity contribution in [1.82, 2.24) is 10.2 Å². The predicted molar refractivity (Wildman–Crippen MR) is 93.4 cm³/mol. The molecular weight excluding hydrogens is 300 g/mol. The molecule has 1 N–H and O–H groups in total. The molecule has 0 radical (unpaired) electrons. The quantitative estimate of drug-likeness (QED) is 0.939. The summed E-state index contributed by atoms with van der Waals surface area (Å²) < 4.78 is 5.82. The Morgan fingerprint density at radius 2 is 1.88 bits per heavy atom. The Kier molecular flexibility index (Phi) is 4.22. The van der Waals surface area contributed by atoms with Crippen LogP contribution in [0, 0.1) is 5.92 Å². The van der Waals surface area contributed by atoms with Crippen molar-refractivity contribution in [2.75, 3.05) is 19.6 Å². The van der Waals surface area contributed by atoms with Gasteiger partial charge in [-0.1, -0.05) is 24.3 Å². The number of piperidine rings is 1. The van der Waals surface area contributed by atoms with Crippen LogP contribution in [0.1, 0.15) is 23.2 Å². The zero-order chi connectivity index (χ0) is 16.4. The number of hydrogen-bond donors (Lipinski definition) is 1. The lowest BCUT2D eigenvalue weighted by Gasteiger charge is -2.30. The van der Waals surface area contributed by atoms with Crippen LogP contribution in [0.25, 0.3) is 0 Å². The van der Waals surface area contributed by atoms with Crippen LogP contribution in [0.15, 0.2) is 54.6 Å². The minimum Gasteiger partial charge on any atom is -0.457 e.